The van der Waals surface area contributed by atoms with Crippen molar-refractivity contribution in [1.29, 1.82) is 0 Å². The molecule has 0 unspecified atom stereocenters. The number of hydrogen-bond donors (Lipinski definition) is 1. The van der Waals surface area contributed by atoms with Gasteiger partial charge in [0.15, 0.2) is 0 Å². The summed E-state index contributed by atoms with van der Waals surface area (Å²) in [6.45, 7) is 0.335. The highest BCUT2D eigenvalue weighted by atomic mass is 32.1. The maximum atomic E-state index is 11.7. The van der Waals surface area contributed by atoms with Crippen LogP contribution in [0.3, 0.4) is 0 Å². The third-order valence-electron chi connectivity index (χ3n) is 3.21. The van der Waals surface area contributed by atoms with Crippen molar-refractivity contribution in [1.82, 2.24) is 5.32 Å². The van der Waals surface area contributed by atoms with Crippen LogP contribution in [0.4, 0.5) is 0 Å². The summed E-state index contributed by atoms with van der Waals surface area (Å²) in [7, 11) is 0. The molecule has 0 fully saturated rings. The molecule has 0 radical (unpaired) electrons. The molecule has 5 nitrogen and oxygen atoms in total. The minimum atomic E-state index is -0.378. The van der Waals surface area contributed by atoms with Gasteiger partial charge in [-0.05, 0) is 23.6 Å². The first-order valence-corrected chi connectivity index (χ1v) is 8.05. The van der Waals surface area contributed by atoms with E-state index in [2.05, 4.69) is 5.32 Å². The largest absolute Gasteiger partial charge is 0.457 e. The topological polar surface area (TPSA) is 68.5 Å². The first kappa shape index (κ1) is 15.3. The first-order chi connectivity index (χ1) is 11.2. The number of benzene rings is 1. The van der Waals surface area contributed by atoms with Crippen molar-refractivity contribution in [2.75, 3.05) is 6.54 Å². The molecule has 1 N–H and O–H groups in total. The summed E-state index contributed by atoms with van der Waals surface area (Å²) in [5.41, 5.74) is 0.766. The van der Waals surface area contributed by atoms with E-state index in [4.69, 9.17) is 9.15 Å². The molecule has 0 aliphatic carbocycles. The summed E-state index contributed by atoms with van der Waals surface area (Å²) in [5.74, 6) is 0.0455. The molecule has 3 aromatic rings. The van der Waals surface area contributed by atoms with Crippen molar-refractivity contribution in [3.63, 3.8) is 0 Å². The quantitative estimate of drug-likeness (QED) is 0.704. The molecule has 0 aliphatic rings. The third-order valence-corrected chi connectivity index (χ3v) is 4.08. The predicted octanol–water partition coefficient (Wildman–Crippen LogP) is 3.36. The van der Waals surface area contributed by atoms with Gasteiger partial charge in [0.25, 0.3) is 5.91 Å². The van der Waals surface area contributed by atoms with E-state index in [1.165, 1.54) is 11.3 Å². The molecule has 0 aliphatic heterocycles. The van der Waals surface area contributed by atoms with Gasteiger partial charge in [-0.25, -0.2) is 0 Å². The number of thiophene rings is 1. The molecule has 2 aromatic heterocycles. The zero-order chi connectivity index (χ0) is 16.1. The summed E-state index contributed by atoms with van der Waals surface area (Å²) in [6, 6.07) is 13.0. The van der Waals surface area contributed by atoms with E-state index in [-0.39, 0.29) is 31.4 Å². The maximum Gasteiger partial charge on any atom is 0.308 e. The lowest BCUT2D eigenvalue weighted by molar-refractivity contribution is -0.145. The highest BCUT2D eigenvalue weighted by molar-refractivity contribution is 7.12. The van der Waals surface area contributed by atoms with Crippen LogP contribution in [0.25, 0.3) is 11.0 Å². The SMILES string of the molecule is O=C(CCNC(=O)c1cccs1)OCc1cc2ccccc2o1. The molecule has 23 heavy (non-hydrogen) atoms. The lowest BCUT2D eigenvalue weighted by Gasteiger charge is -2.04. The van der Waals surface area contributed by atoms with Crippen molar-refractivity contribution in [3.05, 3.63) is 58.5 Å². The van der Waals surface area contributed by atoms with E-state index in [0.717, 1.165) is 11.0 Å². The molecule has 0 bridgehead atoms. The van der Waals surface area contributed by atoms with Gasteiger partial charge < -0.3 is 14.5 Å². The van der Waals surface area contributed by atoms with Crippen LogP contribution in [0.15, 0.2) is 52.3 Å². The lowest BCUT2D eigenvalue weighted by atomic mass is 10.2. The Morgan fingerprint density at radius 2 is 2.04 bits per heavy atom. The second-order valence-corrected chi connectivity index (χ2v) is 5.84. The highest BCUT2D eigenvalue weighted by Gasteiger charge is 2.09. The molecule has 2 heterocycles. The van der Waals surface area contributed by atoms with Gasteiger partial charge in [-0.15, -0.1) is 11.3 Å². The number of carbonyl (C=O) groups excluding carboxylic acids is 2. The first-order valence-electron chi connectivity index (χ1n) is 7.17. The average Bonchev–Trinajstić information content (AvgIpc) is 3.21. The summed E-state index contributed by atoms with van der Waals surface area (Å²) in [6.07, 6.45) is 0.122. The number of para-hydroxylation sites is 1. The monoisotopic (exact) mass is 329 g/mol. The van der Waals surface area contributed by atoms with Crippen LogP contribution < -0.4 is 5.32 Å². The fraction of sp³-hybridized carbons (Fsp3) is 0.176. The molecule has 0 spiro atoms. The Morgan fingerprint density at radius 1 is 1.17 bits per heavy atom. The minimum Gasteiger partial charge on any atom is -0.457 e. The van der Waals surface area contributed by atoms with Gasteiger partial charge in [-0.1, -0.05) is 24.3 Å². The Hall–Kier alpha value is -2.60. The summed E-state index contributed by atoms with van der Waals surface area (Å²) >= 11 is 1.36. The minimum absolute atomic E-state index is 0.0897. The average molecular weight is 329 g/mol. The van der Waals surface area contributed by atoms with Gasteiger partial charge in [-0.2, -0.15) is 0 Å². The molecule has 0 saturated carbocycles. The molecular weight excluding hydrogens is 314 g/mol. The number of carbonyl (C=O) groups is 2. The van der Waals surface area contributed by atoms with E-state index >= 15 is 0 Å². The van der Waals surface area contributed by atoms with Gasteiger partial charge in [0.05, 0.1) is 11.3 Å². The lowest BCUT2D eigenvalue weighted by Crippen LogP contribution is -2.25. The summed E-state index contributed by atoms with van der Waals surface area (Å²) in [4.78, 5) is 24.0. The summed E-state index contributed by atoms with van der Waals surface area (Å²) in [5, 5.41) is 5.49. The normalized spacial score (nSPS) is 10.6. The molecule has 1 aromatic carbocycles. The molecule has 6 heteroatoms. The third kappa shape index (κ3) is 3.98. The van der Waals surface area contributed by atoms with E-state index in [1.807, 2.05) is 35.7 Å². The maximum absolute atomic E-state index is 11.7. The molecule has 0 atom stereocenters. The van der Waals surface area contributed by atoms with Crippen molar-refractivity contribution in [2.24, 2.45) is 0 Å². The van der Waals surface area contributed by atoms with Gasteiger partial charge in [0.1, 0.15) is 18.0 Å². The molecule has 118 valence electrons. The van der Waals surface area contributed by atoms with Crippen molar-refractivity contribution < 1.29 is 18.7 Å². The van der Waals surface area contributed by atoms with Crippen LogP contribution in [-0.4, -0.2) is 18.4 Å². The Bertz CT molecular complexity index is 774. The molecular formula is C17H15NO4S. The van der Waals surface area contributed by atoms with E-state index < -0.39 is 0 Å². The smallest absolute Gasteiger partial charge is 0.308 e. The van der Waals surface area contributed by atoms with Crippen molar-refractivity contribution in [3.8, 4) is 0 Å². The zero-order valence-corrected chi connectivity index (χ0v) is 13.1. The molecule has 1 amide bonds. The van der Waals surface area contributed by atoms with E-state index in [9.17, 15) is 9.59 Å². The second kappa shape index (κ2) is 7.11. The van der Waals surface area contributed by atoms with Crippen LogP contribution in [0, 0.1) is 0 Å². The van der Waals surface area contributed by atoms with Gasteiger partial charge >= 0.3 is 5.97 Å². The Balaban J connectivity index is 1.42. The number of furan rings is 1. The summed E-state index contributed by atoms with van der Waals surface area (Å²) < 4.78 is 10.7. The van der Waals surface area contributed by atoms with Crippen LogP contribution in [0.2, 0.25) is 0 Å². The van der Waals surface area contributed by atoms with Gasteiger partial charge in [0.2, 0.25) is 0 Å². The van der Waals surface area contributed by atoms with E-state index in [0.29, 0.717) is 10.6 Å². The van der Waals surface area contributed by atoms with Crippen LogP contribution in [-0.2, 0) is 16.1 Å². The Morgan fingerprint density at radius 3 is 2.83 bits per heavy atom. The Labute approximate surface area is 136 Å². The molecule has 3 rings (SSSR count). The Kier molecular flexibility index (Phi) is 4.73. The van der Waals surface area contributed by atoms with E-state index in [1.54, 1.807) is 12.1 Å². The van der Waals surface area contributed by atoms with Crippen LogP contribution in [0.5, 0.6) is 0 Å². The number of rotatable bonds is 6. The fourth-order valence-electron chi connectivity index (χ4n) is 2.10. The predicted molar refractivity (Wildman–Crippen MR) is 87.3 cm³/mol. The van der Waals surface area contributed by atoms with Crippen molar-refractivity contribution >= 4 is 34.2 Å². The second-order valence-electron chi connectivity index (χ2n) is 4.89. The number of amides is 1. The number of fused-ring (bicyclic) bond motifs is 1. The number of esters is 1. The zero-order valence-electron chi connectivity index (χ0n) is 12.3. The molecule has 0 saturated heterocycles. The van der Waals surface area contributed by atoms with Crippen LogP contribution >= 0.6 is 11.3 Å². The highest BCUT2D eigenvalue weighted by Crippen LogP contribution is 2.19. The number of nitrogens with one attached hydrogen (secondary N) is 1. The van der Waals surface area contributed by atoms with Gasteiger partial charge in [0, 0.05) is 11.9 Å². The fourth-order valence-corrected chi connectivity index (χ4v) is 2.74. The van der Waals surface area contributed by atoms with Gasteiger partial charge in [-0.3, -0.25) is 9.59 Å². The van der Waals surface area contributed by atoms with Crippen molar-refractivity contribution in [2.45, 2.75) is 13.0 Å². The number of hydrogen-bond acceptors (Lipinski definition) is 5. The van der Waals surface area contributed by atoms with Crippen LogP contribution in [0.1, 0.15) is 21.9 Å². The standard InChI is InChI=1S/C17H15NO4S/c19-16(7-8-18-17(20)15-6-3-9-23-15)21-11-13-10-12-4-1-2-5-14(12)22-13/h1-6,9-10H,7-8,11H2,(H,18,20). The number of ether oxygens (including phenoxy) is 1.